The van der Waals surface area contributed by atoms with E-state index in [1.807, 2.05) is 79.0 Å². The number of hydrazone groups is 1. The second kappa shape index (κ2) is 7.65. The van der Waals surface area contributed by atoms with Crippen molar-refractivity contribution in [1.82, 2.24) is 15.4 Å². The van der Waals surface area contributed by atoms with Crippen LogP contribution in [0.3, 0.4) is 0 Å². The number of aromatic amines is 2. The van der Waals surface area contributed by atoms with Crippen LogP contribution in [-0.2, 0) is 0 Å². The Morgan fingerprint density at radius 2 is 1.73 bits per heavy atom. The molecule has 5 aromatic rings. The molecule has 1 amide bonds. The molecule has 0 saturated heterocycles. The van der Waals surface area contributed by atoms with E-state index in [-0.39, 0.29) is 5.91 Å². The summed E-state index contributed by atoms with van der Waals surface area (Å²) in [6.07, 6.45) is 3.52. The number of para-hydroxylation sites is 1. The molecule has 0 saturated carbocycles. The first-order valence-electron chi connectivity index (χ1n) is 9.47. The second-order valence-corrected chi connectivity index (χ2v) is 7.84. The number of hydrogen-bond acceptors (Lipinski definition) is 2. The summed E-state index contributed by atoms with van der Waals surface area (Å²) in [5, 5.41) is 6.21. The van der Waals surface area contributed by atoms with Gasteiger partial charge in [-0.15, -0.1) is 0 Å². The standard InChI is InChI=1S/C24H17BrN4O/c25-17-10-11-21-19(12-17)22(15-6-2-1-3-7-15)23(28-21)24(30)29-27-14-16-13-26-20-9-5-4-8-18(16)20/h1-14,26,28H,(H,29,30)/b27-14+. The quantitative estimate of drug-likeness (QED) is 0.230. The monoisotopic (exact) mass is 456 g/mol. The van der Waals surface area contributed by atoms with E-state index >= 15 is 0 Å². The zero-order valence-corrected chi connectivity index (χ0v) is 17.4. The molecular formula is C24H17BrN4O. The molecule has 2 aromatic heterocycles. The fourth-order valence-electron chi connectivity index (χ4n) is 3.66. The van der Waals surface area contributed by atoms with Gasteiger partial charge in [0.25, 0.3) is 5.91 Å². The smallest absolute Gasteiger partial charge is 0.288 e. The number of rotatable bonds is 4. The minimum absolute atomic E-state index is 0.294. The normalized spacial score (nSPS) is 11.5. The number of aromatic nitrogens is 2. The minimum atomic E-state index is -0.294. The molecule has 6 heteroatoms. The van der Waals surface area contributed by atoms with Crippen LogP contribution in [0, 0.1) is 0 Å². The molecule has 3 N–H and O–H groups in total. The highest BCUT2D eigenvalue weighted by Gasteiger charge is 2.19. The van der Waals surface area contributed by atoms with Gasteiger partial charge in [0.15, 0.2) is 0 Å². The molecule has 5 nitrogen and oxygen atoms in total. The number of halogens is 1. The molecule has 30 heavy (non-hydrogen) atoms. The summed E-state index contributed by atoms with van der Waals surface area (Å²) in [5.74, 6) is -0.294. The molecule has 0 bridgehead atoms. The van der Waals surface area contributed by atoms with Crippen molar-refractivity contribution in [3.05, 3.63) is 94.7 Å². The molecule has 0 radical (unpaired) electrons. The van der Waals surface area contributed by atoms with E-state index in [9.17, 15) is 4.79 Å². The molecule has 3 aromatic carbocycles. The Morgan fingerprint density at radius 3 is 2.60 bits per heavy atom. The van der Waals surface area contributed by atoms with Gasteiger partial charge in [0.2, 0.25) is 0 Å². The van der Waals surface area contributed by atoms with Gasteiger partial charge in [-0.2, -0.15) is 5.10 Å². The number of nitrogens with zero attached hydrogens (tertiary/aromatic N) is 1. The van der Waals surface area contributed by atoms with Gasteiger partial charge in [-0.05, 0) is 29.8 Å². The lowest BCUT2D eigenvalue weighted by Crippen LogP contribution is -2.18. The van der Waals surface area contributed by atoms with E-state index < -0.39 is 0 Å². The van der Waals surface area contributed by atoms with E-state index in [1.54, 1.807) is 6.21 Å². The maximum Gasteiger partial charge on any atom is 0.288 e. The molecule has 2 heterocycles. The van der Waals surface area contributed by atoms with Crippen LogP contribution >= 0.6 is 15.9 Å². The first-order valence-corrected chi connectivity index (χ1v) is 10.3. The van der Waals surface area contributed by atoms with Crippen molar-refractivity contribution in [2.45, 2.75) is 0 Å². The van der Waals surface area contributed by atoms with Gasteiger partial charge in [-0.25, -0.2) is 5.43 Å². The van der Waals surface area contributed by atoms with Gasteiger partial charge < -0.3 is 9.97 Å². The molecule has 0 unspecified atom stereocenters. The van der Waals surface area contributed by atoms with Crippen LogP contribution in [0.1, 0.15) is 16.1 Å². The van der Waals surface area contributed by atoms with Crippen LogP contribution in [0.5, 0.6) is 0 Å². The minimum Gasteiger partial charge on any atom is -0.361 e. The Labute approximate surface area is 181 Å². The van der Waals surface area contributed by atoms with Crippen LogP contribution < -0.4 is 5.43 Å². The van der Waals surface area contributed by atoms with E-state index in [2.05, 4.69) is 36.4 Å². The third kappa shape index (κ3) is 3.31. The Bertz CT molecular complexity index is 1400. The van der Waals surface area contributed by atoms with Crippen molar-refractivity contribution in [2.24, 2.45) is 5.10 Å². The summed E-state index contributed by atoms with van der Waals surface area (Å²) in [7, 11) is 0. The van der Waals surface area contributed by atoms with E-state index in [0.29, 0.717) is 5.69 Å². The van der Waals surface area contributed by atoms with E-state index in [4.69, 9.17) is 0 Å². The number of benzene rings is 3. The van der Waals surface area contributed by atoms with Crippen molar-refractivity contribution < 1.29 is 4.79 Å². The molecule has 0 aliphatic carbocycles. The summed E-state index contributed by atoms with van der Waals surface area (Å²) < 4.78 is 0.954. The molecule has 0 spiro atoms. The lowest BCUT2D eigenvalue weighted by Gasteiger charge is -2.04. The number of carbonyl (C=O) groups excluding carboxylic acids is 1. The predicted octanol–water partition coefficient (Wildman–Crippen LogP) is 5.84. The highest BCUT2D eigenvalue weighted by molar-refractivity contribution is 9.10. The number of H-pyrrole nitrogens is 2. The van der Waals surface area contributed by atoms with Crippen molar-refractivity contribution in [2.75, 3.05) is 0 Å². The van der Waals surface area contributed by atoms with Crippen LogP contribution in [0.4, 0.5) is 0 Å². The van der Waals surface area contributed by atoms with E-state index in [1.165, 1.54) is 0 Å². The van der Waals surface area contributed by atoms with Crippen molar-refractivity contribution in [1.29, 1.82) is 0 Å². The Kier molecular flexibility index (Phi) is 4.69. The lowest BCUT2D eigenvalue weighted by molar-refractivity contribution is 0.0951. The summed E-state index contributed by atoms with van der Waals surface area (Å²) in [4.78, 5) is 19.5. The third-order valence-corrected chi connectivity index (χ3v) is 5.53. The van der Waals surface area contributed by atoms with Crippen molar-refractivity contribution >= 4 is 49.9 Å². The molecule has 0 fully saturated rings. The zero-order chi connectivity index (χ0) is 20.5. The van der Waals surface area contributed by atoms with Crippen LogP contribution in [0.2, 0.25) is 0 Å². The predicted molar refractivity (Wildman–Crippen MR) is 125 cm³/mol. The van der Waals surface area contributed by atoms with Gasteiger partial charge in [0.05, 0.1) is 6.21 Å². The number of fused-ring (bicyclic) bond motifs is 2. The van der Waals surface area contributed by atoms with Crippen molar-refractivity contribution in [3.8, 4) is 11.1 Å². The number of nitrogens with one attached hydrogen (secondary N) is 3. The second-order valence-electron chi connectivity index (χ2n) is 6.92. The average molecular weight is 457 g/mol. The lowest BCUT2D eigenvalue weighted by atomic mass is 10.0. The highest BCUT2D eigenvalue weighted by atomic mass is 79.9. The Morgan fingerprint density at radius 1 is 0.933 bits per heavy atom. The summed E-state index contributed by atoms with van der Waals surface area (Å²) in [6.45, 7) is 0. The molecular weight excluding hydrogens is 440 g/mol. The molecule has 0 aliphatic rings. The summed E-state index contributed by atoms with van der Waals surface area (Å²) in [6, 6.07) is 23.7. The van der Waals surface area contributed by atoms with Gasteiger partial charge >= 0.3 is 0 Å². The zero-order valence-electron chi connectivity index (χ0n) is 15.8. The van der Waals surface area contributed by atoms with Crippen LogP contribution in [0.15, 0.2) is 88.6 Å². The number of hydrogen-bond donors (Lipinski definition) is 3. The maximum absolute atomic E-state index is 13.0. The topological polar surface area (TPSA) is 73.0 Å². The van der Waals surface area contributed by atoms with Crippen LogP contribution in [0.25, 0.3) is 32.9 Å². The fourth-order valence-corrected chi connectivity index (χ4v) is 4.02. The average Bonchev–Trinajstić information content (AvgIpc) is 3.36. The van der Waals surface area contributed by atoms with Gasteiger partial charge in [-0.1, -0.05) is 64.5 Å². The summed E-state index contributed by atoms with van der Waals surface area (Å²) >= 11 is 3.53. The van der Waals surface area contributed by atoms with Gasteiger partial charge in [0, 0.05) is 43.6 Å². The van der Waals surface area contributed by atoms with Crippen LogP contribution in [-0.4, -0.2) is 22.1 Å². The van der Waals surface area contributed by atoms with Gasteiger partial charge in [-0.3, -0.25) is 4.79 Å². The highest BCUT2D eigenvalue weighted by Crippen LogP contribution is 2.34. The van der Waals surface area contributed by atoms with E-state index in [0.717, 1.165) is 43.0 Å². The third-order valence-electron chi connectivity index (χ3n) is 5.04. The molecule has 0 atom stereocenters. The van der Waals surface area contributed by atoms with Crippen molar-refractivity contribution in [3.63, 3.8) is 0 Å². The first kappa shape index (κ1) is 18.4. The maximum atomic E-state index is 13.0. The Hall–Kier alpha value is -3.64. The summed E-state index contributed by atoms with van der Waals surface area (Å²) in [5.41, 5.74) is 7.79. The molecule has 5 rings (SSSR count). The Balaban J connectivity index is 1.50. The number of amides is 1. The first-order chi connectivity index (χ1) is 14.7. The largest absolute Gasteiger partial charge is 0.361 e. The molecule has 146 valence electrons. The fraction of sp³-hybridized carbons (Fsp3) is 0. The number of carbonyl (C=O) groups is 1. The SMILES string of the molecule is O=C(N/N=C/c1c[nH]c2ccccc12)c1[nH]c2ccc(Br)cc2c1-c1ccccc1. The molecule has 0 aliphatic heterocycles. The van der Waals surface area contributed by atoms with Gasteiger partial charge in [0.1, 0.15) is 5.69 Å².